The summed E-state index contributed by atoms with van der Waals surface area (Å²) >= 11 is 0. The van der Waals surface area contributed by atoms with Crippen LogP contribution in [-0.4, -0.2) is 28.4 Å². The van der Waals surface area contributed by atoms with E-state index in [0.717, 1.165) is 19.1 Å². The fraction of sp³-hybridized carbons (Fsp3) is 0.667. The van der Waals surface area contributed by atoms with Gasteiger partial charge in [0.15, 0.2) is 0 Å². The maximum Gasteiger partial charge on any atom is 0.414 e. The maximum atomic E-state index is 9.77. The fourth-order valence-electron chi connectivity index (χ4n) is 0.654. The third kappa shape index (κ3) is 16.9. The lowest BCUT2D eigenvalue weighted by Crippen LogP contribution is -2.09. The molecule has 0 aromatic rings. The number of aliphatic carboxylic acids is 2. The van der Waals surface area contributed by atoms with Crippen LogP contribution in [0.2, 0.25) is 0 Å². The Morgan fingerprint density at radius 3 is 1.86 bits per heavy atom. The third-order valence-electron chi connectivity index (χ3n) is 1.36. The zero-order chi connectivity index (χ0) is 11.4. The van der Waals surface area contributed by atoms with Crippen LogP contribution in [-0.2, 0) is 14.4 Å². The zero-order valence-electron chi connectivity index (χ0n) is 8.23. The van der Waals surface area contributed by atoms with Gasteiger partial charge in [0.1, 0.15) is 6.29 Å². The van der Waals surface area contributed by atoms with Crippen molar-refractivity contribution in [2.24, 2.45) is 0 Å². The Morgan fingerprint density at radius 2 is 1.57 bits per heavy atom. The van der Waals surface area contributed by atoms with E-state index in [0.29, 0.717) is 0 Å². The monoisotopic (exact) mass is 204 g/mol. The van der Waals surface area contributed by atoms with Crippen LogP contribution < -0.4 is 0 Å². The van der Waals surface area contributed by atoms with E-state index in [1.54, 1.807) is 0 Å². The smallest absolute Gasteiger partial charge is 0.414 e. The molecule has 0 saturated carbocycles. The van der Waals surface area contributed by atoms with E-state index in [9.17, 15) is 4.79 Å². The highest BCUT2D eigenvalue weighted by molar-refractivity contribution is 6.27. The van der Waals surface area contributed by atoms with Crippen molar-refractivity contribution < 1.29 is 24.6 Å². The van der Waals surface area contributed by atoms with Gasteiger partial charge in [-0.1, -0.05) is 26.2 Å². The van der Waals surface area contributed by atoms with Crippen molar-refractivity contribution >= 4 is 18.2 Å². The summed E-state index contributed by atoms with van der Waals surface area (Å²) < 4.78 is 0. The molecule has 0 aromatic heterocycles. The van der Waals surface area contributed by atoms with Crippen molar-refractivity contribution in [3.63, 3.8) is 0 Å². The van der Waals surface area contributed by atoms with Crippen LogP contribution in [0.4, 0.5) is 0 Å². The summed E-state index contributed by atoms with van der Waals surface area (Å²) in [5.74, 6) is -3.65. The van der Waals surface area contributed by atoms with Gasteiger partial charge in [-0.05, 0) is 6.42 Å². The van der Waals surface area contributed by atoms with Crippen molar-refractivity contribution in [1.29, 1.82) is 0 Å². The van der Waals surface area contributed by atoms with Gasteiger partial charge in [-0.15, -0.1) is 0 Å². The maximum absolute atomic E-state index is 9.77. The molecule has 5 heteroatoms. The summed E-state index contributed by atoms with van der Waals surface area (Å²) in [6.45, 7) is 2.17. The molecule has 0 heterocycles. The second kappa shape index (κ2) is 11.6. The highest BCUT2D eigenvalue weighted by Gasteiger charge is 2.04. The van der Waals surface area contributed by atoms with Crippen molar-refractivity contribution in [1.82, 2.24) is 0 Å². The van der Waals surface area contributed by atoms with Crippen LogP contribution >= 0.6 is 0 Å². The minimum absolute atomic E-state index is 0.750. The number of rotatable bonds is 5. The van der Waals surface area contributed by atoms with E-state index >= 15 is 0 Å². The van der Waals surface area contributed by atoms with E-state index in [4.69, 9.17) is 19.8 Å². The van der Waals surface area contributed by atoms with Crippen molar-refractivity contribution in [3.05, 3.63) is 0 Å². The van der Waals surface area contributed by atoms with E-state index in [-0.39, 0.29) is 0 Å². The molecule has 82 valence electrons. The average molecular weight is 204 g/mol. The molecule has 0 amide bonds. The molecule has 0 radical (unpaired) electrons. The van der Waals surface area contributed by atoms with Gasteiger partial charge in [-0.3, -0.25) is 0 Å². The Bertz CT molecular complexity index is 164. The van der Waals surface area contributed by atoms with Crippen LogP contribution in [0.3, 0.4) is 0 Å². The van der Waals surface area contributed by atoms with Gasteiger partial charge in [0, 0.05) is 6.42 Å². The first kappa shape index (κ1) is 15.1. The van der Waals surface area contributed by atoms with Crippen LogP contribution in [0.1, 0.15) is 39.0 Å². The summed E-state index contributed by atoms with van der Waals surface area (Å²) in [6.07, 6.45) is 6.56. The Labute approximate surface area is 82.7 Å². The molecule has 0 unspecified atom stereocenters. The lowest BCUT2D eigenvalue weighted by Gasteiger charge is -1.90. The number of hydrogen-bond acceptors (Lipinski definition) is 3. The predicted octanol–water partition coefficient (Wildman–Crippen LogP) is 1.31. The number of carboxylic acid groups (broad SMARTS) is 2. The summed E-state index contributed by atoms with van der Waals surface area (Å²) in [6, 6.07) is 0. The molecule has 14 heavy (non-hydrogen) atoms. The zero-order valence-corrected chi connectivity index (χ0v) is 8.23. The molecule has 0 bridgehead atoms. The molecule has 0 saturated heterocycles. The Balaban J connectivity index is 0. The van der Waals surface area contributed by atoms with E-state index in [1.807, 2.05) is 0 Å². The molecule has 0 rings (SSSR count). The van der Waals surface area contributed by atoms with Gasteiger partial charge in [0.05, 0.1) is 0 Å². The minimum atomic E-state index is -1.82. The van der Waals surface area contributed by atoms with Gasteiger partial charge in [-0.25, -0.2) is 9.59 Å². The summed E-state index contributed by atoms with van der Waals surface area (Å²) in [5, 5.41) is 14.8. The lowest BCUT2D eigenvalue weighted by molar-refractivity contribution is -0.159. The van der Waals surface area contributed by atoms with Crippen molar-refractivity contribution in [2.75, 3.05) is 0 Å². The second-order valence-electron chi connectivity index (χ2n) is 2.63. The van der Waals surface area contributed by atoms with Crippen LogP contribution in [0.15, 0.2) is 0 Å². The molecule has 0 atom stereocenters. The molecular formula is C9H16O5. The topological polar surface area (TPSA) is 91.7 Å². The molecule has 5 nitrogen and oxygen atoms in total. The van der Waals surface area contributed by atoms with Gasteiger partial charge >= 0.3 is 11.9 Å². The molecule has 2 N–H and O–H groups in total. The molecule has 0 aliphatic rings. The lowest BCUT2D eigenvalue weighted by atomic mass is 10.2. The van der Waals surface area contributed by atoms with Crippen LogP contribution in [0, 0.1) is 0 Å². The molecule has 0 aliphatic heterocycles. The Hall–Kier alpha value is -1.39. The molecule has 0 spiro atoms. The molecular weight excluding hydrogens is 188 g/mol. The van der Waals surface area contributed by atoms with Gasteiger partial charge < -0.3 is 15.0 Å². The minimum Gasteiger partial charge on any atom is -0.473 e. The number of hydrogen-bond donors (Lipinski definition) is 2. The summed E-state index contributed by atoms with van der Waals surface area (Å²) in [5.41, 5.74) is 0. The molecule has 0 aliphatic carbocycles. The fourth-order valence-corrected chi connectivity index (χ4v) is 0.654. The third-order valence-corrected chi connectivity index (χ3v) is 1.36. The van der Waals surface area contributed by atoms with Gasteiger partial charge in [0.2, 0.25) is 0 Å². The first-order valence-corrected chi connectivity index (χ1v) is 4.46. The number of carboxylic acids is 2. The first-order valence-electron chi connectivity index (χ1n) is 4.46. The van der Waals surface area contributed by atoms with Gasteiger partial charge in [0.25, 0.3) is 0 Å². The van der Waals surface area contributed by atoms with E-state index in [2.05, 4.69) is 6.92 Å². The standard InChI is InChI=1S/C7H14O.C2H2O4/c1-2-3-4-5-6-7-8;3-1(4)2(5)6/h7H,2-6H2,1H3;(H,3,4)(H,5,6). The average Bonchev–Trinajstić information content (AvgIpc) is 2.13. The first-order chi connectivity index (χ1) is 6.56. The number of aldehydes is 1. The number of unbranched alkanes of at least 4 members (excludes halogenated alkanes) is 4. The number of carbonyl (C=O) groups excluding carboxylic acids is 1. The quantitative estimate of drug-likeness (QED) is 0.400. The highest BCUT2D eigenvalue weighted by atomic mass is 16.4. The Kier molecular flexibility index (Phi) is 12.5. The predicted molar refractivity (Wildman–Crippen MR) is 50.1 cm³/mol. The highest BCUT2D eigenvalue weighted by Crippen LogP contribution is 1.99. The normalized spacial score (nSPS) is 8.36. The largest absolute Gasteiger partial charge is 0.473 e. The second-order valence-corrected chi connectivity index (χ2v) is 2.63. The number of carbonyl (C=O) groups is 3. The van der Waals surface area contributed by atoms with E-state index in [1.165, 1.54) is 19.3 Å². The SMILES string of the molecule is CCCCCCC=O.O=C(O)C(=O)O. The molecule has 0 fully saturated rings. The van der Waals surface area contributed by atoms with Crippen molar-refractivity contribution in [2.45, 2.75) is 39.0 Å². The van der Waals surface area contributed by atoms with Crippen LogP contribution in [0.5, 0.6) is 0 Å². The Morgan fingerprint density at radius 1 is 1.07 bits per heavy atom. The summed E-state index contributed by atoms with van der Waals surface area (Å²) in [4.78, 5) is 28.0. The van der Waals surface area contributed by atoms with Crippen molar-refractivity contribution in [3.8, 4) is 0 Å². The van der Waals surface area contributed by atoms with Crippen LogP contribution in [0.25, 0.3) is 0 Å². The summed E-state index contributed by atoms with van der Waals surface area (Å²) in [7, 11) is 0. The molecule has 0 aromatic carbocycles. The van der Waals surface area contributed by atoms with Gasteiger partial charge in [-0.2, -0.15) is 0 Å². The van der Waals surface area contributed by atoms with E-state index < -0.39 is 11.9 Å².